The summed E-state index contributed by atoms with van der Waals surface area (Å²) in [6, 6.07) is 6.02. The van der Waals surface area contributed by atoms with Crippen molar-refractivity contribution in [3.05, 3.63) is 28.8 Å². The highest BCUT2D eigenvalue weighted by Gasteiger charge is 2.27. The van der Waals surface area contributed by atoms with Gasteiger partial charge in [-0.1, -0.05) is 11.6 Å². The molecule has 1 aromatic rings. The molecule has 1 unspecified atom stereocenters. The number of halogens is 1. The lowest BCUT2D eigenvalue weighted by molar-refractivity contribution is 0.372. The third kappa shape index (κ3) is 3.19. The van der Waals surface area contributed by atoms with Gasteiger partial charge in [0.05, 0.1) is 0 Å². The Labute approximate surface area is 119 Å². The minimum Gasteiger partial charge on any atom is -0.384 e. The zero-order valence-corrected chi connectivity index (χ0v) is 12.2. The van der Waals surface area contributed by atoms with Crippen LogP contribution >= 0.6 is 11.6 Å². The standard InChI is InChI=1S/C14H21ClN4/c1-18(2)9-11-4-3-7-19(11)13-8-10(15)5-6-12(13)14(16)17/h5-6,8,11H,3-4,7,9H2,1-2H3,(H3,16,17). The van der Waals surface area contributed by atoms with Crippen LogP contribution in [0.5, 0.6) is 0 Å². The van der Waals surface area contributed by atoms with Gasteiger partial charge in [-0.25, -0.2) is 0 Å². The Bertz CT molecular complexity index is 473. The first kappa shape index (κ1) is 14.2. The Balaban J connectivity index is 2.34. The van der Waals surface area contributed by atoms with E-state index in [-0.39, 0.29) is 5.84 Å². The van der Waals surface area contributed by atoms with Gasteiger partial charge in [0.25, 0.3) is 0 Å². The molecule has 1 heterocycles. The lowest BCUT2D eigenvalue weighted by Gasteiger charge is -2.30. The number of hydrogen-bond acceptors (Lipinski definition) is 3. The number of benzene rings is 1. The fourth-order valence-electron chi connectivity index (χ4n) is 2.73. The molecule has 0 aliphatic carbocycles. The first-order valence-electron chi connectivity index (χ1n) is 6.54. The molecule has 2 rings (SSSR count). The van der Waals surface area contributed by atoms with Crippen LogP contribution in [-0.4, -0.2) is 44.0 Å². The summed E-state index contributed by atoms with van der Waals surface area (Å²) >= 11 is 6.10. The Hall–Kier alpha value is -1.26. The lowest BCUT2D eigenvalue weighted by Crippen LogP contribution is -2.38. The van der Waals surface area contributed by atoms with Crippen molar-refractivity contribution in [2.75, 3.05) is 32.1 Å². The second kappa shape index (κ2) is 5.80. The molecule has 0 saturated carbocycles. The maximum absolute atomic E-state index is 7.72. The van der Waals surface area contributed by atoms with Crippen molar-refractivity contribution in [2.24, 2.45) is 5.73 Å². The Morgan fingerprint density at radius 3 is 2.89 bits per heavy atom. The molecular weight excluding hydrogens is 260 g/mol. The van der Waals surface area contributed by atoms with Crippen molar-refractivity contribution in [1.29, 1.82) is 5.41 Å². The normalized spacial score (nSPS) is 19.2. The van der Waals surface area contributed by atoms with Crippen molar-refractivity contribution in [2.45, 2.75) is 18.9 Å². The fraction of sp³-hybridized carbons (Fsp3) is 0.500. The summed E-state index contributed by atoms with van der Waals surface area (Å²) in [6.07, 6.45) is 2.34. The summed E-state index contributed by atoms with van der Waals surface area (Å²) in [5, 5.41) is 8.41. The predicted octanol–water partition coefficient (Wildman–Crippen LogP) is 2.15. The van der Waals surface area contributed by atoms with Gasteiger partial charge in [0.2, 0.25) is 0 Å². The van der Waals surface area contributed by atoms with Crippen molar-refractivity contribution >= 4 is 23.1 Å². The van der Waals surface area contributed by atoms with Gasteiger partial charge < -0.3 is 15.5 Å². The Morgan fingerprint density at radius 2 is 2.26 bits per heavy atom. The van der Waals surface area contributed by atoms with Gasteiger partial charge in [-0.3, -0.25) is 5.41 Å². The summed E-state index contributed by atoms with van der Waals surface area (Å²) in [5.74, 6) is 0.0992. The number of nitrogens with one attached hydrogen (secondary N) is 1. The summed E-state index contributed by atoms with van der Waals surface area (Å²) < 4.78 is 0. The highest BCUT2D eigenvalue weighted by atomic mass is 35.5. The molecule has 5 heteroatoms. The molecule has 0 aromatic heterocycles. The van der Waals surface area contributed by atoms with Crippen LogP contribution in [0.25, 0.3) is 0 Å². The third-order valence-electron chi connectivity index (χ3n) is 3.51. The third-order valence-corrected chi connectivity index (χ3v) is 3.75. The van der Waals surface area contributed by atoms with Crippen LogP contribution < -0.4 is 10.6 Å². The SMILES string of the molecule is CN(C)CC1CCCN1c1cc(Cl)ccc1C(=N)N. The molecule has 1 atom stereocenters. The fourth-order valence-corrected chi connectivity index (χ4v) is 2.90. The quantitative estimate of drug-likeness (QED) is 0.656. The molecule has 0 radical (unpaired) electrons. The minimum atomic E-state index is 0.0992. The van der Waals surface area contributed by atoms with Crippen LogP contribution in [0, 0.1) is 5.41 Å². The van der Waals surface area contributed by atoms with Gasteiger partial charge in [-0.2, -0.15) is 0 Å². The van der Waals surface area contributed by atoms with Gasteiger partial charge >= 0.3 is 0 Å². The van der Waals surface area contributed by atoms with E-state index in [4.69, 9.17) is 22.7 Å². The zero-order chi connectivity index (χ0) is 14.0. The van der Waals surface area contributed by atoms with Crippen LogP contribution in [0.1, 0.15) is 18.4 Å². The van der Waals surface area contributed by atoms with E-state index < -0.39 is 0 Å². The van der Waals surface area contributed by atoms with Gasteiger partial charge in [-0.05, 0) is 45.1 Å². The van der Waals surface area contributed by atoms with Crippen LogP contribution in [0.3, 0.4) is 0 Å². The molecule has 1 fully saturated rings. The molecule has 0 amide bonds. The molecule has 4 nitrogen and oxygen atoms in total. The number of nitrogens with two attached hydrogens (primary N) is 1. The number of hydrogen-bond donors (Lipinski definition) is 2. The minimum absolute atomic E-state index is 0.0992. The largest absolute Gasteiger partial charge is 0.384 e. The van der Waals surface area contributed by atoms with Crippen molar-refractivity contribution in [1.82, 2.24) is 4.90 Å². The number of nitrogens with zero attached hydrogens (tertiary/aromatic N) is 2. The smallest absolute Gasteiger partial charge is 0.124 e. The zero-order valence-electron chi connectivity index (χ0n) is 11.5. The number of anilines is 1. The van der Waals surface area contributed by atoms with E-state index in [2.05, 4.69) is 23.9 Å². The second-order valence-electron chi connectivity index (χ2n) is 5.33. The average molecular weight is 281 g/mol. The molecule has 19 heavy (non-hydrogen) atoms. The van der Waals surface area contributed by atoms with Crippen LogP contribution in [0.4, 0.5) is 5.69 Å². The lowest BCUT2D eigenvalue weighted by atomic mass is 10.1. The van der Waals surface area contributed by atoms with Crippen LogP contribution in [0.15, 0.2) is 18.2 Å². The number of rotatable bonds is 4. The van der Waals surface area contributed by atoms with E-state index in [9.17, 15) is 0 Å². The van der Waals surface area contributed by atoms with E-state index in [1.807, 2.05) is 12.1 Å². The van der Waals surface area contributed by atoms with Gasteiger partial charge in [0.1, 0.15) is 5.84 Å². The molecule has 3 N–H and O–H groups in total. The van der Waals surface area contributed by atoms with E-state index in [0.29, 0.717) is 11.1 Å². The first-order chi connectivity index (χ1) is 8.99. The Kier molecular flexibility index (Phi) is 4.32. The molecular formula is C14H21ClN4. The van der Waals surface area contributed by atoms with Crippen LogP contribution in [-0.2, 0) is 0 Å². The number of amidine groups is 1. The summed E-state index contributed by atoms with van der Waals surface area (Å²) in [7, 11) is 4.17. The van der Waals surface area contributed by atoms with Crippen LogP contribution in [0.2, 0.25) is 5.02 Å². The molecule has 104 valence electrons. The molecule has 0 bridgehead atoms. The van der Waals surface area contributed by atoms with Gasteiger partial charge in [0.15, 0.2) is 0 Å². The number of nitrogen functional groups attached to an aromatic ring is 1. The average Bonchev–Trinajstić information content (AvgIpc) is 2.75. The number of likely N-dealkylation sites (N-methyl/N-ethyl adjacent to an activating group) is 1. The molecule has 1 saturated heterocycles. The second-order valence-corrected chi connectivity index (χ2v) is 5.76. The molecule has 0 spiro atoms. The van der Waals surface area contributed by atoms with Crippen molar-refractivity contribution < 1.29 is 0 Å². The maximum atomic E-state index is 7.72. The summed E-state index contributed by atoms with van der Waals surface area (Å²) in [5.41, 5.74) is 7.45. The highest BCUT2D eigenvalue weighted by molar-refractivity contribution is 6.31. The molecule has 1 aliphatic rings. The Morgan fingerprint density at radius 1 is 1.53 bits per heavy atom. The highest BCUT2D eigenvalue weighted by Crippen LogP contribution is 2.31. The van der Waals surface area contributed by atoms with E-state index in [1.165, 1.54) is 12.8 Å². The molecule has 1 aliphatic heterocycles. The van der Waals surface area contributed by atoms with E-state index in [0.717, 1.165) is 24.3 Å². The topological polar surface area (TPSA) is 56.4 Å². The van der Waals surface area contributed by atoms with E-state index in [1.54, 1.807) is 6.07 Å². The van der Waals surface area contributed by atoms with Crippen molar-refractivity contribution in [3.8, 4) is 0 Å². The van der Waals surface area contributed by atoms with Gasteiger partial charge in [-0.15, -0.1) is 0 Å². The maximum Gasteiger partial charge on any atom is 0.124 e. The van der Waals surface area contributed by atoms with Crippen molar-refractivity contribution in [3.63, 3.8) is 0 Å². The van der Waals surface area contributed by atoms with Gasteiger partial charge in [0, 0.05) is 35.4 Å². The first-order valence-corrected chi connectivity index (χ1v) is 6.92. The molecule has 1 aromatic carbocycles. The summed E-state index contributed by atoms with van der Waals surface area (Å²) in [6.45, 7) is 2.00. The monoisotopic (exact) mass is 280 g/mol. The summed E-state index contributed by atoms with van der Waals surface area (Å²) in [4.78, 5) is 4.53. The predicted molar refractivity (Wildman–Crippen MR) is 81.4 cm³/mol. The van der Waals surface area contributed by atoms with E-state index >= 15 is 0 Å².